The fourth-order valence-electron chi connectivity index (χ4n) is 2.69. The summed E-state index contributed by atoms with van der Waals surface area (Å²) in [6, 6.07) is 5.44. The van der Waals surface area contributed by atoms with E-state index in [1.807, 2.05) is 25.3 Å². The van der Waals surface area contributed by atoms with E-state index in [1.165, 1.54) is 12.8 Å². The second-order valence-corrected chi connectivity index (χ2v) is 5.06. The fourth-order valence-corrected chi connectivity index (χ4v) is 2.69. The Morgan fingerprint density at radius 3 is 2.94 bits per heavy atom. The number of hydrogen-bond donors (Lipinski definition) is 0. The van der Waals surface area contributed by atoms with Crippen LogP contribution in [0.5, 0.6) is 5.75 Å². The molecule has 0 aromatic carbocycles. The number of nitrogens with zero attached hydrogens (tertiary/aromatic N) is 2. The summed E-state index contributed by atoms with van der Waals surface area (Å²) in [5.74, 6) is 1.84. The minimum Gasteiger partial charge on any atom is -0.490 e. The molecule has 1 aromatic heterocycles. The summed E-state index contributed by atoms with van der Waals surface area (Å²) in [6.45, 7) is 2.79. The van der Waals surface area contributed by atoms with Gasteiger partial charge in [-0.15, -0.1) is 0 Å². The molecule has 1 aromatic rings. The lowest BCUT2D eigenvalue weighted by molar-refractivity contribution is 0.176. The number of fused-ring (bicyclic) bond motifs is 1. The molecule has 0 spiro atoms. The van der Waals surface area contributed by atoms with Crippen LogP contribution in [-0.2, 0) is 0 Å². The summed E-state index contributed by atoms with van der Waals surface area (Å²) in [5.41, 5.74) is 1.03. The number of piperidine rings is 1. The molecule has 0 radical (unpaired) electrons. The van der Waals surface area contributed by atoms with Crippen molar-refractivity contribution >= 4 is 0 Å². The molecule has 2 fully saturated rings. The van der Waals surface area contributed by atoms with Gasteiger partial charge in [0.1, 0.15) is 12.4 Å². The van der Waals surface area contributed by atoms with Gasteiger partial charge in [-0.25, -0.2) is 0 Å². The molecule has 16 heavy (non-hydrogen) atoms. The molecule has 86 valence electrons. The molecule has 1 aliphatic heterocycles. The third-order valence-corrected chi connectivity index (χ3v) is 3.89. The Balaban J connectivity index is 1.55. The number of aryl methyl sites for hydroxylation is 1. The van der Waals surface area contributed by atoms with Crippen LogP contribution in [0.25, 0.3) is 0 Å². The van der Waals surface area contributed by atoms with Crippen LogP contribution in [0.15, 0.2) is 18.3 Å². The number of likely N-dealkylation sites (tertiary alicyclic amines) is 1. The third-order valence-electron chi connectivity index (χ3n) is 3.89. The monoisotopic (exact) mass is 218 g/mol. The quantitative estimate of drug-likeness (QED) is 0.774. The number of rotatable bonds is 3. The van der Waals surface area contributed by atoms with Crippen LogP contribution >= 0.6 is 0 Å². The number of likely N-dealkylation sites (N-methyl/N-ethyl adjacent to an activating group) is 1. The van der Waals surface area contributed by atoms with Crippen molar-refractivity contribution < 1.29 is 4.74 Å². The van der Waals surface area contributed by atoms with Crippen LogP contribution in [-0.4, -0.2) is 35.6 Å². The molecule has 0 N–H and O–H groups in total. The van der Waals surface area contributed by atoms with E-state index >= 15 is 0 Å². The molecule has 3 atom stereocenters. The highest BCUT2D eigenvalue weighted by Gasteiger charge is 2.50. The van der Waals surface area contributed by atoms with Crippen LogP contribution in [0.2, 0.25) is 0 Å². The molecule has 1 aliphatic carbocycles. The number of hydrogen-bond acceptors (Lipinski definition) is 3. The van der Waals surface area contributed by atoms with E-state index in [-0.39, 0.29) is 0 Å². The number of aromatic nitrogens is 1. The molecular weight excluding hydrogens is 200 g/mol. The Hall–Kier alpha value is -1.09. The van der Waals surface area contributed by atoms with Crippen molar-refractivity contribution in [2.45, 2.75) is 31.8 Å². The van der Waals surface area contributed by atoms with Crippen LogP contribution in [0.3, 0.4) is 0 Å². The maximum Gasteiger partial charge on any atom is 0.137 e. The van der Waals surface area contributed by atoms with E-state index in [0.717, 1.165) is 30.0 Å². The van der Waals surface area contributed by atoms with Crippen molar-refractivity contribution in [3.8, 4) is 5.75 Å². The predicted molar refractivity (Wildman–Crippen MR) is 62.5 cm³/mol. The molecule has 1 saturated carbocycles. The molecule has 0 bridgehead atoms. The van der Waals surface area contributed by atoms with Gasteiger partial charge in [-0.1, -0.05) is 0 Å². The van der Waals surface area contributed by atoms with Gasteiger partial charge in [0.15, 0.2) is 0 Å². The van der Waals surface area contributed by atoms with E-state index in [4.69, 9.17) is 4.74 Å². The standard InChI is InChI=1S/C13H18N2O/c1-9-3-4-12(7-14-9)16-8-11-5-10-6-13(10)15(11)2/h3-4,7,10-11,13H,5-6,8H2,1-2H3. The summed E-state index contributed by atoms with van der Waals surface area (Å²) >= 11 is 0. The first-order valence-corrected chi connectivity index (χ1v) is 6.01. The highest BCUT2D eigenvalue weighted by molar-refractivity contribution is 5.19. The fraction of sp³-hybridized carbons (Fsp3) is 0.615. The molecule has 3 unspecified atom stereocenters. The average Bonchev–Trinajstić information content (AvgIpc) is 2.99. The lowest BCUT2D eigenvalue weighted by Gasteiger charge is -2.22. The average molecular weight is 218 g/mol. The van der Waals surface area contributed by atoms with Crippen molar-refractivity contribution in [2.24, 2.45) is 5.92 Å². The van der Waals surface area contributed by atoms with Gasteiger partial charge >= 0.3 is 0 Å². The van der Waals surface area contributed by atoms with Crippen LogP contribution < -0.4 is 4.74 Å². The Morgan fingerprint density at radius 1 is 1.44 bits per heavy atom. The predicted octanol–water partition coefficient (Wildman–Crippen LogP) is 1.86. The zero-order chi connectivity index (χ0) is 11.1. The van der Waals surface area contributed by atoms with E-state index in [1.54, 1.807) is 0 Å². The molecule has 2 heterocycles. The largest absolute Gasteiger partial charge is 0.490 e. The van der Waals surface area contributed by atoms with Crippen molar-refractivity contribution in [3.63, 3.8) is 0 Å². The number of pyridine rings is 1. The topological polar surface area (TPSA) is 25.4 Å². The minimum atomic E-state index is 0.602. The summed E-state index contributed by atoms with van der Waals surface area (Å²) in [6.07, 6.45) is 4.52. The molecule has 3 rings (SSSR count). The zero-order valence-electron chi connectivity index (χ0n) is 9.89. The Morgan fingerprint density at radius 2 is 2.31 bits per heavy atom. The Kier molecular flexibility index (Phi) is 2.36. The normalized spacial score (nSPS) is 32.5. The lowest BCUT2D eigenvalue weighted by atomic mass is 10.2. The molecule has 2 aliphatic rings. The van der Waals surface area contributed by atoms with Crippen molar-refractivity contribution in [1.82, 2.24) is 9.88 Å². The lowest BCUT2D eigenvalue weighted by Crippen LogP contribution is -2.33. The number of ether oxygens (including phenoxy) is 1. The van der Waals surface area contributed by atoms with Gasteiger partial charge in [0.25, 0.3) is 0 Å². The van der Waals surface area contributed by atoms with Gasteiger partial charge in [-0.3, -0.25) is 9.88 Å². The van der Waals surface area contributed by atoms with Crippen molar-refractivity contribution in [3.05, 3.63) is 24.0 Å². The molecule has 3 nitrogen and oxygen atoms in total. The maximum atomic E-state index is 5.78. The van der Waals surface area contributed by atoms with Crippen molar-refractivity contribution in [2.75, 3.05) is 13.7 Å². The maximum absolute atomic E-state index is 5.78. The highest BCUT2D eigenvalue weighted by Crippen LogP contribution is 2.46. The van der Waals surface area contributed by atoms with E-state index in [9.17, 15) is 0 Å². The van der Waals surface area contributed by atoms with Crippen LogP contribution in [0, 0.1) is 12.8 Å². The first-order chi connectivity index (χ1) is 7.74. The van der Waals surface area contributed by atoms with E-state index in [0.29, 0.717) is 6.04 Å². The van der Waals surface area contributed by atoms with Gasteiger partial charge < -0.3 is 4.74 Å². The third kappa shape index (κ3) is 1.80. The van der Waals surface area contributed by atoms with Crippen molar-refractivity contribution in [1.29, 1.82) is 0 Å². The highest BCUT2D eigenvalue weighted by atomic mass is 16.5. The summed E-state index contributed by atoms with van der Waals surface area (Å²) in [4.78, 5) is 6.71. The van der Waals surface area contributed by atoms with Gasteiger partial charge in [0.05, 0.1) is 6.20 Å². The Bertz CT molecular complexity index is 376. The van der Waals surface area contributed by atoms with Gasteiger partial charge in [0, 0.05) is 17.8 Å². The SMILES string of the molecule is Cc1ccc(OCC2CC3CC3N2C)cn1. The van der Waals surface area contributed by atoms with Crippen LogP contribution in [0.1, 0.15) is 18.5 Å². The molecular formula is C13H18N2O. The molecule has 1 saturated heterocycles. The first-order valence-electron chi connectivity index (χ1n) is 6.01. The van der Waals surface area contributed by atoms with Gasteiger partial charge in [-0.05, 0) is 44.9 Å². The minimum absolute atomic E-state index is 0.602. The van der Waals surface area contributed by atoms with Gasteiger partial charge in [-0.2, -0.15) is 0 Å². The second kappa shape index (κ2) is 3.74. The molecule has 3 heteroatoms. The zero-order valence-corrected chi connectivity index (χ0v) is 9.89. The first kappa shape index (κ1) is 10.1. The summed E-state index contributed by atoms with van der Waals surface area (Å²) in [5, 5.41) is 0. The van der Waals surface area contributed by atoms with E-state index in [2.05, 4.69) is 16.9 Å². The summed E-state index contributed by atoms with van der Waals surface area (Å²) < 4.78 is 5.78. The molecule has 0 amide bonds. The van der Waals surface area contributed by atoms with E-state index < -0.39 is 0 Å². The Labute approximate surface area is 96.4 Å². The van der Waals surface area contributed by atoms with Crippen LogP contribution in [0.4, 0.5) is 0 Å². The smallest absolute Gasteiger partial charge is 0.137 e. The van der Waals surface area contributed by atoms with Gasteiger partial charge in [0.2, 0.25) is 0 Å². The summed E-state index contributed by atoms with van der Waals surface area (Å²) in [7, 11) is 2.22. The second-order valence-electron chi connectivity index (χ2n) is 5.06.